The molecule has 0 aliphatic heterocycles. The molecule has 1 rings (SSSR count). The Morgan fingerprint density at radius 1 is 1.15 bits per heavy atom. The number of aryl methyl sites for hydroxylation is 1. The third-order valence-electron chi connectivity index (χ3n) is 3.37. The van der Waals surface area contributed by atoms with Crippen molar-refractivity contribution in [1.82, 2.24) is 9.97 Å². The maximum Gasteiger partial charge on any atom is 0.313 e. The minimum Gasteiger partial charge on any atom is -0.466 e. The van der Waals surface area contributed by atoms with E-state index in [0.717, 1.165) is 30.7 Å². The SMILES string of the molecule is CCCCCCC[C@@H](C(=O)OCC)c1cnc(C)nc1. The Morgan fingerprint density at radius 3 is 2.40 bits per heavy atom. The second kappa shape index (κ2) is 9.45. The van der Waals surface area contributed by atoms with Crippen LogP contribution in [0.2, 0.25) is 0 Å². The summed E-state index contributed by atoms with van der Waals surface area (Å²) in [5.74, 6) is 0.340. The molecule has 0 radical (unpaired) electrons. The Kier molecular flexibility index (Phi) is 7.85. The van der Waals surface area contributed by atoms with Gasteiger partial charge >= 0.3 is 5.97 Å². The van der Waals surface area contributed by atoms with E-state index in [1.807, 2.05) is 13.8 Å². The highest BCUT2D eigenvalue weighted by Crippen LogP contribution is 2.23. The van der Waals surface area contributed by atoms with Gasteiger partial charge < -0.3 is 4.74 Å². The van der Waals surface area contributed by atoms with Gasteiger partial charge in [-0.1, -0.05) is 39.0 Å². The number of ether oxygens (including phenoxy) is 1. The average Bonchev–Trinajstić information content (AvgIpc) is 2.44. The molecule has 0 saturated carbocycles. The molecule has 0 aromatic carbocycles. The first-order valence-corrected chi connectivity index (χ1v) is 7.64. The Hall–Kier alpha value is -1.45. The number of esters is 1. The molecule has 0 saturated heterocycles. The van der Waals surface area contributed by atoms with Gasteiger partial charge in [-0.3, -0.25) is 4.79 Å². The lowest BCUT2D eigenvalue weighted by Gasteiger charge is -2.15. The zero-order valence-electron chi connectivity index (χ0n) is 12.9. The fraction of sp³-hybridized carbons (Fsp3) is 0.688. The number of carbonyl (C=O) groups excluding carboxylic acids is 1. The first-order valence-electron chi connectivity index (χ1n) is 7.64. The van der Waals surface area contributed by atoms with Gasteiger partial charge in [0.05, 0.1) is 12.5 Å². The summed E-state index contributed by atoms with van der Waals surface area (Å²) in [5.41, 5.74) is 0.865. The molecule has 112 valence electrons. The second-order valence-electron chi connectivity index (χ2n) is 5.07. The van der Waals surface area contributed by atoms with Crippen molar-refractivity contribution >= 4 is 5.97 Å². The predicted octanol–water partition coefficient (Wildman–Crippen LogP) is 3.79. The molecule has 1 aromatic heterocycles. The van der Waals surface area contributed by atoms with Crippen molar-refractivity contribution in [3.05, 3.63) is 23.8 Å². The summed E-state index contributed by atoms with van der Waals surface area (Å²) < 4.78 is 5.17. The molecule has 0 N–H and O–H groups in total. The van der Waals surface area contributed by atoms with Gasteiger partial charge in [0.25, 0.3) is 0 Å². The molecular formula is C16H26N2O2. The number of rotatable bonds is 9. The standard InChI is InChI=1S/C16H26N2O2/c1-4-6-7-8-9-10-15(16(19)20-5-2)14-11-17-13(3)18-12-14/h11-12,15H,4-10H2,1-3H3/t15-/m1/s1. The van der Waals surface area contributed by atoms with Crippen molar-refractivity contribution in [2.75, 3.05) is 6.61 Å². The first kappa shape index (κ1) is 16.6. The van der Waals surface area contributed by atoms with Crippen LogP contribution in [0.5, 0.6) is 0 Å². The lowest BCUT2D eigenvalue weighted by Crippen LogP contribution is -2.16. The molecule has 0 aliphatic carbocycles. The normalized spacial score (nSPS) is 12.2. The number of hydrogen-bond acceptors (Lipinski definition) is 4. The molecule has 1 aromatic rings. The zero-order valence-corrected chi connectivity index (χ0v) is 12.9. The number of carbonyl (C=O) groups is 1. The monoisotopic (exact) mass is 278 g/mol. The van der Waals surface area contributed by atoms with Crippen LogP contribution in [0, 0.1) is 6.92 Å². The fourth-order valence-electron chi connectivity index (χ4n) is 2.20. The maximum absolute atomic E-state index is 12.1. The second-order valence-corrected chi connectivity index (χ2v) is 5.07. The van der Waals surface area contributed by atoms with Crippen molar-refractivity contribution in [2.45, 2.75) is 65.2 Å². The summed E-state index contributed by atoms with van der Waals surface area (Å²) >= 11 is 0. The van der Waals surface area contributed by atoms with Crippen LogP contribution in [0.3, 0.4) is 0 Å². The zero-order chi connectivity index (χ0) is 14.8. The predicted molar refractivity (Wildman–Crippen MR) is 79.5 cm³/mol. The number of nitrogens with zero attached hydrogens (tertiary/aromatic N) is 2. The summed E-state index contributed by atoms with van der Waals surface area (Å²) in [6.07, 6.45) is 10.2. The van der Waals surface area contributed by atoms with Gasteiger partial charge in [-0.2, -0.15) is 0 Å². The maximum atomic E-state index is 12.1. The van der Waals surface area contributed by atoms with Gasteiger partial charge in [0, 0.05) is 18.0 Å². The average molecular weight is 278 g/mol. The molecule has 0 bridgehead atoms. The molecule has 0 spiro atoms. The van der Waals surface area contributed by atoms with Gasteiger partial charge in [-0.15, -0.1) is 0 Å². The molecule has 0 aliphatic rings. The molecule has 0 amide bonds. The van der Waals surface area contributed by atoms with Crippen LogP contribution in [0.15, 0.2) is 12.4 Å². The van der Waals surface area contributed by atoms with Gasteiger partial charge in [0.2, 0.25) is 0 Å². The van der Waals surface area contributed by atoms with E-state index >= 15 is 0 Å². The van der Waals surface area contributed by atoms with E-state index in [-0.39, 0.29) is 11.9 Å². The number of hydrogen-bond donors (Lipinski definition) is 0. The highest BCUT2D eigenvalue weighted by Gasteiger charge is 2.22. The summed E-state index contributed by atoms with van der Waals surface area (Å²) in [5, 5.41) is 0. The van der Waals surface area contributed by atoms with E-state index in [4.69, 9.17) is 4.74 Å². The smallest absolute Gasteiger partial charge is 0.313 e. The van der Waals surface area contributed by atoms with E-state index < -0.39 is 0 Å². The molecule has 0 fully saturated rings. The topological polar surface area (TPSA) is 52.1 Å². The van der Waals surface area contributed by atoms with Crippen LogP contribution in [0.25, 0.3) is 0 Å². The van der Waals surface area contributed by atoms with Gasteiger partial charge in [-0.05, 0) is 20.3 Å². The van der Waals surface area contributed by atoms with Crippen LogP contribution in [-0.2, 0) is 9.53 Å². The third-order valence-corrected chi connectivity index (χ3v) is 3.37. The number of unbranched alkanes of at least 4 members (excludes halogenated alkanes) is 4. The summed E-state index contributed by atoms with van der Waals surface area (Å²) in [7, 11) is 0. The van der Waals surface area contributed by atoms with E-state index in [2.05, 4.69) is 16.9 Å². The molecule has 4 nitrogen and oxygen atoms in total. The first-order chi connectivity index (χ1) is 9.69. The molecule has 0 unspecified atom stereocenters. The molecular weight excluding hydrogens is 252 g/mol. The van der Waals surface area contributed by atoms with Crippen molar-refractivity contribution in [3.8, 4) is 0 Å². The van der Waals surface area contributed by atoms with E-state index in [1.54, 1.807) is 12.4 Å². The van der Waals surface area contributed by atoms with Crippen LogP contribution in [0.1, 0.15) is 69.7 Å². The van der Waals surface area contributed by atoms with Crippen molar-refractivity contribution in [3.63, 3.8) is 0 Å². The van der Waals surface area contributed by atoms with Gasteiger partial charge in [0.1, 0.15) is 5.82 Å². The Bertz CT molecular complexity index is 390. The van der Waals surface area contributed by atoms with Crippen LogP contribution in [0.4, 0.5) is 0 Å². The van der Waals surface area contributed by atoms with E-state index in [9.17, 15) is 4.79 Å². The van der Waals surface area contributed by atoms with Crippen molar-refractivity contribution in [1.29, 1.82) is 0 Å². The number of aromatic nitrogens is 2. The fourth-order valence-corrected chi connectivity index (χ4v) is 2.20. The quantitative estimate of drug-likeness (QED) is 0.509. The van der Waals surface area contributed by atoms with Crippen LogP contribution >= 0.6 is 0 Å². The van der Waals surface area contributed by atoms with Crippen LogP contribution in [-0.4, -0.2) is 22.5 Å². The minimum atomic E-state index is -0.225. The lowest BCUT2D eigenvalue weighted by atomic mass is 9.95. The largest absolute Gasteiger partial charge is 0.466 e. The highest BCUT2D eigenvalue weighted by molar-refractivity contribution is 5.77. The van der Waals surface area contributed by atoms with Crippen LogP contribution < -0.4 is 0 Å². The Morgan fingerprint density at radius 2 is 1.80 bits per heavy atom. The van der Waals surface area contributed by atoms with Gasteiger partial charge in [-0.25, -0.2) is 9.97 Å². The molecule has 4 heteroatoms. The molecule has 1 heterocycles. The molecule has 1 atom stereocenters. The van der Waals surface area contributed by atoms with E-state index in [0.29, 0.717) is 6.61 Å². The third kappa shape index (κ3) is 5.68. The van der Waals surface area contributed by atoms with Crippen molar-refractivity contribution < 1.29 is 9.53 Å². The van der Waals surface area contributed by atoms with Gasteiger partial charge in [0.15, 0.2) is 0 Å². The Balaban J connectivity index is 2.60. The van der Waals surface area contributed by atoms with Crippen molar-refractivity contribution in [2.24, 2.45) is 0 Å². The van der Waals surface area contributed by atoms with E-state index in [1.165, 1.54) is 19.3 Å². The minimum absolute atomic E-state index is 0.157. The molecule has 20 heavy (non-hydrogen) atoms. The summed E-state index contributed by atoms with van der Waals surface area (Å²) in [6.45, 7) is 6.29. The summed E-state index contributed by atoms with van der Waals surface area (Å²) in [4.78, 5) is 20.4. The summed E-state index contributed by atoms with van der Waals surface area (Å²) in [6, 6.07) is 0. The lowest BCUT2D eigenvalue weighted by molar-refractivity contribution is -0.145. The Labute approximate surface area is 122 Å². The highest BCUT2D eigenvalue weighted by atomic mass is 16.5.